The second-order valence-electron chi connectivity index (χ2n) is 9.27. The van der Waals surface area contributed by atoms with Crippen LogP contribution in [0.4, 0.5) is 4.39 Å². The Balaban J connectivity index is 1.29. The second-order valence-corrected chi connectivity index (χ2v) is 9.27. The first-order chi connectivity index (χ1) is 16.5. The Morgan fingerprint density at radius 2 is 1.97 bits per heavy atom. The van der Waals surface area contributed by atoms with Gasteiger partial charge in [-0.2, -0.15) is 0 Å². The zero-order valence-electron chi connectivity index (χ0n) is 19.8. The Morgan fingerprint density at radius 1 is 1.15 bits per heavy atom. The molecule has 1 aliphatic heterocycles. The van der Waals surface area contributed by atoms with E-state index in [0.717, 1.165) is 73.8 Å². The summed E-state index contributed by atoms with van der Waals surface area (Å²) in [4.78, 5) is 18.8. The molecule has 0 saturated carbocycles. The van der Waals surface area contributed by atoms with Crippen LogP contribution in [-0.4, -0.2) is 47.7 Å². The SMILES string of the molecule is COc1ccc2nccc(CCC[C@@H]3CCN(CCCc4ccc(F)cc4)C[C@@H]3C(=O)O)c2c1. The number of ether oxygens (including phenoxy) is 1. The van der Waals surface area contributed by atoms with Crippen molar-refractivity contribution in [3.05, 3.63) is 71.7 Å². The topological polar surface area (TPSA) is 62.7 Å². The molecule has 2 heterocycles. The van der Waals surface area contributed by atoms with Crippen molar-refractivity contribution in [1.29, 1.82) is 0 Å². The number of likely N-dealkylation sites (tertiary alicyclic amines) is 1. The van der Waals surface area contributed by atoms with Gasteiger partial charge in [0, 0.05) is 18.1 Å². The molecule has 0 amide bonds. The van der Waals surface area contributed by atoms with E-state index in [9.17, 15) is 14.3 Å². The normalized spacial score (nSPS) is 18.8. The number of nitrogens with zero attached hydrogens (tertiary/aromatic N) is 2. The van der Waals surface area contributed by atoms with Gasteiger partial charge in [-0.3, -0.25) is 9.78 Å². The molecule has 1 fully saturated rings. The number of aliphatic carboxylic acids is 1. The number of carboxylic acids is 1. The predicted molar refractivity (Wildman–Crippen MR) is 132 cm³/mol. The zero-order chi connectivity index (χ0) is 23.9. The molecule has 2 atom stereocenters. The van der Waals surface area contributed by atoms with Gasteiger partial charge in [0.15, 0.2) is 0 Å². The fourth-order valence-corrected chi connectivity index (χ4v) is 5.14. The van der Waals surface area contributed by atoms with Crippen molar-refractivity contribution in [2.24, 2.45) is 11.8 Å². The maximum Gasteiger partial charge on any atom is 0.308 e. The van der Waals surface area contributed by atoms with Gasteiger partial charge in [0.1, 0.15) is 11.6 Å². The third-order valence-corrected chi connectivity index (χ3v) is 7.07. The van der Waals surface area contributed by atoms with Crippen molar-refractivity contribution in [3.8, 4) is 5.75 Å². The van der Waals surface area contributed by atoms with Gasteiger partial charge < -0.3 is 14.7 Å². The van der Waals surface area contributed by atoms with Gasteiger partial charge >= 0.3 is 5.97 Å². The van der Waals surface area contributed by atoms with Crippen molar-refractivity contribution in [2.45, 2.75) is 38.5 Å². The molecule has 2 aromatic carbocycles. The van der Waals surface area contributed by atoms with Crippen LogP contribution >= 0.6 is 0 Å². The number of halogens is 1. The molecular formula is C28H33FN2O3. The smallest absolute Gasteiger partial charge is 0.308 e. The number of hydrogen-bond donors (Lipinski definition) is 1. The lowest BCUT2D eigenvalue weighted by atomic mass is 9.81. The number of benzene rings is 2. The van der Waals surface area contributed by atoms with Gasteiger partial charge in [-0.15, -0.1) is 0 Å². The molecule has 1 N–H and O–H groups in total. The number of aromatic nitrogens is 1. The van der Waals surface area contributed by atoms with Gasteiger partial charge in [0.25, 0.3) is 0 Å². The van der Waals surface area contributed by atoms with E-state index >= 15 is 0 Å². The van der Waals surface area contributed by atoms with Gasteiger partial charge in [-0.25, -0.2) is 4.39 Å². The molecule has 4 rings (SSSR count). The summed E-state index contributed by atoms with van der Waals surface area (Å²) >= 11 is 0. The minimum Gasteiger partial charge on any atom is -0.497 e. The minimum atomic E-state index is -0.688. The van der Waals surface area contributed by atoms with Crippen LogP contribution in [0.25, 0.3) is 10.9 Å². The highest BCUT2D eigenvalue weighted by molar-refractivity contribution is 5.83. The number of methoxy groups -OCH3 is 1. The van der Waals surface area contributed by atoms with Crippen LogP contribution in [0.15, 0.2) is 54.7 Å². The first-order valence-electron chi connectivity index (χ1n) is 12.1. The molecular weight excluding hydrogens is 431 g/mol. The summed E-state index contributed by atoms with van der Waals surface area (Å²) in [5, 5.41) is 11.0. The predicted octanol–water partition coefficient (Wildman–Crippen LogP) is 5.36. The number of carboxylic acid groups (broad SMARTS) is 1. The van der Waals surface area contributed by atoms with Gasteiger partial charge in [0.2, 0.25) is 0 Å². The molecule has 180 valence electrons. The Morgan fingerprint density at radius 3 is 2.74 bits per heavy atom. The van der Waals surface area contributed by atoms with E-state index < -0.39 is 5.97 Å². The van der Waals surface area contributed by atoms with Crippen LogP contribution in [0, 0.1) is 17.7 Å². The highest BCUT2D eigenvalue weighted by atomic mass is 19.1. The van der Waals surface area contributed by atoms with E-state index in [-0.39, 0.29) is 17.7 Å². The first-order valence-corrected chi connectivity index (χ1v) is 12.1. The number of hydrogen-bond acceptors (Lipinski definition) is 4. The zero-order valence-corrected chi connectivity index (χ0v) is 19.8. The highest BCUT2D eigenvalue weighted by Gasteiger charge is 2.33. The first kappa shape index (κ1) is 24.1. The number of piperidine rings is 1. The Bertz CT molecular complexity index is 1100. The number of fused-ring (bicyclic) bond motifs is 1. The van der Waals surface area contributed by atoms with Gasteiger partial charge in [-0.05, 0) is 105 Å². The lowest BCUT2D eigenvalue weighted by Gasteiger charge is -2.36. The van der Waals surface area contributed by atoms with E-state index in [0.29, 0.717) is 6.54 Å². The van der Waals surface area contributed by atoms with E-state index in [1.807, 2.05) is 36.5 Å². The Hall–Kier alpha value is -2.99. The molecule has 3 aromatic rings. The van der Waals surface area contributed by atoms with Crippen LogP contribution in [-0.2, 0) is 17.6 Å². The number of rotatable bonds is 10. The van der Waals surface area contributed by atoms with E-state index in [1.165, 1.54) is 17.7 Å². The van der Waals surface area contributed by atoms with E-state index in [2.05, 4.69) is 16.0 Å². The lowest BCUT2D eigenvalue weighted by Crippen LogP contribution is -2.44. The minimum absolute atomic E-state index is 0.202. The standard InChI is InChI=1S/C28H33FN2O3/c1-34-24-11-12-27-25(18-24)21(13-15-30-27)5-2-6-22-14-17-31(19-26(22)28(32)33)16-3-4-20-7-9-23(29)10-8-20/h7-13,15,18,22,26H,2-6,14,16-17,19H2,1H3,(H,32,33)/t22-,26+/m1/s1. The molecule has 5 nitrogen and oxygen atoms in total. The number of pyridine rings is 1. The van der Waals surface area contributed by atoms with Gasteiger partial charge in [-0.1, -0.05) is 12.1 Å². The third kappa shape index (κ3) is 6.11. The number of aryl methyl sites for hydroxylation is 2. The number of carbonyl (C=O) groups is 1. The Labute approximate surface area is 200 Å². The monoisotopic (exact) mass is 464 g/mol. The van der Waals surface area contributed by atoms with Crippen LogP contribution in [0.3, 0.4) is 0 Å². The maximum atomic E-state index is 13.1. The van der Waals surface area contributed by atoms with E-state index in [1.54, 1.807) is 7.11 Å². The summed E-state index contributed by atoms with van der Waals surface area (Å²) in [7, 11) is 1.67. The van der Waals surface area contributed by atoms with Crippen molar-refractivity contribution in [3.63, 3.8) is 0 Å². The summed E-state index contributed by atoms with van der Waals surface area (Å²) in [6, 6.07) is 14.6. The quantitative estimate of drug-likeness (QED) is 0.438. The molecule has 1 aliphatic rings. The van der Waals surface area contributed by atoms with Crippen LogP contribution in [0.1, 0.15) is 36.8 Å². The van der Waals surface area contributed by atoms with Crippen molar-refractivity contribution >= 4 is 16.9 Å². The van der Waals surface area contributed by atoms with Gasteiger partial charge in [0.05, 0.1) is 18.5 Å². The molecule has 34 heavy (non-hydrogen) atoms. The van der Waals surface area contributed by atoms with Crippen molar-refractivity contribution < 1.29 is 19.0 Å². The summed E-state index contributed by atoms with van der Waals surface area (Å²) in [6.45, 7) is 2.42. The fourth-order valence-electron chi connectivity index (χ4n) is 5.14. The molecule has 0 aliphatic carbocycles. The molecule has 0 spiro atoms. The lowest BCUT2D eigenvalue weighted by molar-refractivity contribution is -0.146. The molecule has 0 bridgehead atoms. The summed E-state index contributed by atoms with van der Waals surface area (Å²) in [5.41, 5.74) is 3.30. The molecule has 6 heteroatoms. The van der Waals surface area contributed by atoms with Crippen LogP contribution in [0.2, 0.25) is 0 Å². The van der Waals surface area contributed by atoms with Crippen molar-refractivity contribution in [1.82, 2.24) is 9.88 Å². The summed E-state index contributed by atoms with van der Waals surface area (Å²) in [5.74, 6) is -0.207. The third-order valence-electron chi connectivity index (χ3n) is 7.07. The maximum absolute atomic E-state index is 13.1. The molecule has 0 unspecified atom stereocenters. The second kappa shape index (κ2) is 11.4. The average molecular weight is 465 g/mol. The summed E-state index contributed by atoms with van der Waals surface area (Å²) in [6.07, 6.45) is 7.34. The van der Waals surface area contributed by atoms with Crippen LogP contribution < -0.4 is 4.74 Å². The molecule has 1 saturated heterocycles. The largest absolute Gasteiger partial charge is 0.497 e. The Kier molecular flexibility index (Phi) is 8.12. The molecule has 1 aromatic heterocycles. The van der Waals surface area contributed by atoms with Crippen molar-refractivity contribution in [2.75, 3.05) is 26.7 Å². The van der Waals surface area contributed by atoms with E-state index in [4.69, 9.17) is 4.74 Å². The van der Waals surface area contributed by atoms with Crippen LogP contribution in [0.5, 0.6) is 5.75 Å². The highest BCUT2D eigenvalue weighted by Crippen LogP contribution is 2.30. The molecule has 0 radical (unpaired) electrons. The fraction of sp³-hybridized carbons (Fsp3) is 0.429. The average Bonchev–Trinajstić information content (AvgIpc) is 2.85. The summed E-state index contributed by atoms with van der Waals surface area (Å²) < 4.78 is 18.4.